The minimum Gasteiger partial charge on any atom is -0.384 e. The van der Waals surface area contributed by atoms with Gasteiger partial charge >= 0.3 is 0 Å². The molecule has 6 rings (SSSR count). The van der Waals surface area contributed by atoms with Crippen LogP contribution in [0.4, 0.5) is 11.4 Å². The molecular formula is C42H51ClN4. The topological polar surface area (TPSA) is 49.8 Å². The van der Waals surface area contributed by atoms with Crippen molar-refractivity contribution in [1.29, 1.82) is 0 Å². The molecule has 0 aliphatic carbocycles. The highest BCUT2D eigenvalue weighted by molar-refractivity contribution is 6.08. The molecule has 4 aromatic carbocycles. The Morgan fingerprint density at radius 2 is 0.553 bits per heavy atom. The lowest BCUT2D eigenvalue weighted by atomic mass is 10.0. The molecule has 0 spiro atoms. The number of unbranched alkanes of at least 4 members (excludes halogenated alkanes) is 13. The third-order valence-electron chi connectivity index (χ3n) is 9.38. The molecule has 2 aromatic heterocycles. The summed E-state index contributed by atoms with van der Waals surface area (Å²) in [5, 5.41) is 12.4. The van der Waals surface area contributed by atoms with Crippen LogP contribution in [0, 0.1) is 0 Å². The van der Waals surface area contributed by atoms with Crippen LogP contribution in [0.25, 0.3) is 43.6 Å². The number of nitrogens with one attached hydrogen (secondary N) is 2. The number of para-hydroxylation sites is 4. The maximum absolute atomic E-state index is 4.85. The molecule has 6 aromatic rings. The molecule has 0 atom stereocenters. The van der Waals surface area contributed by atoms with Crippen molar-refractivity contribution in [2.75, 3.05) is 23.7 Å². The van der Waals surface area contributed by atoms with E-state index in [1.54, 1.807) is 0 Å². The fraction of sp³-hybridized carbons (Fsp3) is 0.381. The Morgan fingerprint density at radius 3 is 0.830 bits per heavy atom. The molecule has 0 radical (unpaired) electrons. The van der Waals surface area contributed by atoms with Gasteiger partial charge < -0.3 is 10.6 Å². The van der Waals surface area contributed by atoms with Crippen LogP contribution < -0.4 is 10.6 Å². The number of rotatable bonds is 19. The molecule has 0 saturated carbocycles. The summed E-state index contributed by atoms with van der Waals surface area (Å²) in [4.78, 5) is 9.69. The van der Waals surface area contributed by atoms with Gasteiger partial charge in [0.1, 0.15) is 0 Å². The van der Waals surface area contributed by atoms with Crippen LogP contribution >= 0.6 is 12.4 Å². The summed E-state index contributed by atoms with van der Waals surface area (Å²) in [6, 6.07) is 33.9. The van der Waals surface area contributed by atoms with Gasteiger partial charge in [0.25, 0.3) is 0 Å². The fourth-order valence-electron chi connectivity index (χ4n) is 6.86. The molecule has 0 unspecified atom stereocenters. The van der Waals surface area contributed by atoms with Gasteiger partial charge in [-0.2, -0.15) is 0 Å². The molecule has 2 heterocycles. The number of benzene rings is 4. The predicted molar refractivity (Wildman–Crippen MR) is 207 cm³/mol. The number of hydrogen-bond acceptors (Lipinski definition) is 4. The second-order valence-electron chi connectivity index (χ2n) is 12.8. The van der Waals surface area contributed by atoms with Gasteiger partial charge in [-0.3, -0.25) is 0 Å². The van der Waals surface area contributed by atoms with E-state index in [0.717, 1.165) is 35.2 Å². The molecule has 0 fully saturated rings. The maximum Gasteiger partial charge on any atom is 0.0730 e. The summed E-state index contributed by atoms with van der Waals surface area (Å²) in [5.74, 6) is 0. The van der Waals surface area contributed by atoms with Crippen molar-refractivity contribution in [3.63, 3.8) is 0 Å². The number of nitrogens with zero attached hydrogens (tertiary/aromatic N) is 2. The van der Waals surface area contributed by atoms with Gasteiger partial charge in [-0.1, -0.05) is 150 Å². The van der Waals surface area contributed by atoms with Gasteiger partial charge in [0.2, 0.25) is 0 Å². The SMILES string of the molecule is Cl.c1ccc2c(NCCCCCCCCCCCCCCCCNc3c4ccccc4nc4ccccc34)c3ccccc3nc2c1. The Morgan fingerprint density at radius 1 is 0.319 bits per heavy atom. The maximum atomic E-state index is 4.85. The number of fused-ring (bicyclic) bond motifs is 4. The Bertz CT molecular complexity index is 1590. The third kappa shape index (κ3) is 9.35. The summed E-state index contributed by atoms with van der Waals surface area (Å²) in [6.07, 6.45) is 18.9. The summed E-state index contributed by atoms with van der Waals surface area (Å²) in [6.45, 7) is 2.04. The molecule has 0 bridgehead atoms. The van der Waals surface area contributed by atoms with Gasteiger partial charge in [0, 0.05) is 34.6 Å². The average molecular weight is 647 g/mol. The number of pyridine rings is 2. The molecular weight excluding hydrogens is 596 g/mol. The minimum absolute atomic E-state index is 0. The van der Waals surface area contributed by atoms with E-state index >= 15 is 0 Å². The van der Waals surface area contributed by atoms with E-state index in [4.69, 9.17) is 9.97 Å². The van der Waals surface area contributed by atoms with E-state index in [1.165, 1.54) is 123 Å². The van der Waals surface area contributed by atoms with Gasteiger partial charge in [-0.05, 0) is 37.1 Å². The van der Waals surface area contributed by atoms with Crippen molar-refractivity contribution in [3.05, 3.63) is 97.1 Å². The monoisotopic (exact) mass is 646 g/mol. The number of hydrogen-bond donors (Lipinski definition) is 2. The minimum atomic E-state index is 0. The first-order valence-electron chi connectivity index (χ1n) is 17.9. The standard InChI is InChI=1S/C42H50N4.ClH/c1(3-5-7-9-11-21-31-43-41-33-23-13-17-27-37(33)45-38-28-18-14-24-34(38)41)2-4-6-8-10-12-22-32-44-42-35-25-15-19-29-39(35)46-40-30-20-16-26-36(40)42;/h13-20,23-30H,1-12,21-22,31-32H2,(H,43,45)(H,44,46);1H. The second-order valence-corrected chi connectivity index (χ2v) is 12.8. The normalized spacial score (nSPS) is 11.3. The van der Waals surface area contributed by atoms with Crippen LogP contribution in [0.5, 0.6) is 0 Å². The summed E-state index contributed by atoms with van der Waals surface area (Å²) in [5.41, 5.74) is 6.74. The van der Waals surface area contributed by atoms with Crippen molar-refractivity contribution < 1.29 is 0 Å². The molecule has 246 valence electrons. The van der Waals surface area contributed by atoms with Crippen LogP contribution in [-0.4, -0.2) is 23.1 Å². The smallest absolute Gasteiger partial charge is 0.0730 e. The zero-order valence-electron chi connectivity index (χ0n) is 27.9. The Labute approximate surface area is 287 Å². The molecule has 2 N–H and O–H groups in total. The van der Waals surface area contributed by atoms with E-state index in [2.05, 4.69) is 108 Å². The van der Waals surface area contributed by atoms with Gasteiger partial charge in [-0.25, -0.2) is 9.97 Å². The van der Waals surface area contributed by atoms with Gasteiger partial charge in [-0.15, -0.1) is 12.4 Å². The Kier molecular flexibility index (Phi) is 13.5. The van der Waals surface area contributed by atoms with Crippen molar-refractivity contribution in [3.8, 4) is 0 Å². The number of halogens is 1. The van der Waals surface area contributed by atoms with E-state index in [0.29, 0.717) is 0 Å². The third-order valence-corrected chi connectivity index (χ3v) is 9.38. The highest BCUT2D eigenvalue weighted by Crippen LogP contribution is 2.32. The lowest BCUT2D eigenvalue weighted by Crippen LogP contribution is -2.03. The first kappa shape index (κ1) is 34.4. The van der Waals surface area contributed by atoms with Crippen LogP contribution in [0.3, 0.4) is 0 Å². The van der Waals surface area contributed by atoms with E-state index in [-0.39, 0.29) is 12.4 Å². The molecule has 0 aliphatic rings. The van der Waals surface area contributed by atoms with Crippen molar-refractivity contribution >= 4 is 67.4 Å². The van der Waals surface area contributed by atoms with Crippen molar-refractivity contribution in [2.45, 2.75) is 89.9 Å². The van der Waals surface area contributed by atoms with E-state index in [1.807, 2.05) is 0 Å². The van der Waals surface area contributed by atoms with Gasteiger partial charge in [0.05, 0.1) is 33.4 Å². The second kappa shape index (κ2) is 18.4. The van der Waals surface area contributed by atoms with E-state index in [9.17, 15) is 0 Å². The fourth-order valence-corrected chi connectivity index (χ4v) is 6.86. The highest BCUT2D eigenvalue weighted by Gasteiger charge is 2.09. The van der Waals surface area contributed by atoms with Crippen LogP contribution in [0.1, 0.15) is 89.9 Å². The van der Waals surface area contributed by atoms with E-state index < -0.39 is 0 Å². The average Bonchev–Trinajstić information content (AvgIpc) is 3.10. The highest BCUT2D eigenvalue weighted by atomic mass is 35.5. The van der Waals surface area contributed by atoms with Crippen molar-refractivity contribution in [1.82, 2.24) is 9.97 Å². The first-order valence-corrected chi connectivity index (χ1v) is 17.9. The zero-order valence-corrected chi connectivity index (χ0v) is 28.7. The summed E-state index contributed by atoms with van der Waals surface area (Å²) in [7, 11) is 0. The lowest BCUT2D eigenvalue weighted by molar-refractivity contribution is 0.536. The van der Waals surface area contributed by atoms with Crippen LogP contribution in [-0.2, 0) is 0 Å². The molecule has 0 saturated heterocycles. The number of anilines is 2. The molecule has 0 aliphatic heterocycles. The van der Waals surface area contributed by atoms with Gasteiger partial charge in [0.15, 0.2) is 0 Å². The predicted octanol–water partition coefficient (Wildman–Crippen LogP) is 12.5. The summed E-state index contributed by atoms with van der Waals surface area (Å²) < 4.78 is 0. The zero-order chi connectivity index (χ0) is 31.2. The molecule has 5 heteroatoms. The largest absolute Gasteiger partial charge is 0.384 e. The molecule has 0 amide bonds. The van der Waals surface area contributed by atoms with Crippen LogP contribution in [0.15, 0.2) is 97.1 Å². The van der Waals surface area contributed by atoms with Crippen LogP contribution in [0.2, 0.25) is 0 Å². The Hall–Kier alpha value is -3.89. The lowest BCUT2D eigenvalue weighted by Gasteiger charge is -2.13. The Balaban J connectivity index is 0.00000433. The molecule has 47 heavy (non-hydrogen) atoms. The molecule has 4 nitrogen and oxygen atoms in total. The summed E-state index contributed by atoms with van der Waals surface area (Å²) >= 11 is 0. The quantitative estimate of drug-likeness (QED) is 0.0679. The number of aromatic nitrogens is 2. The first-order chi connectivity index (χ1) is 22.9. The van der Waals surface area contributed by atoms with Crippen molar-refractivity contribution in [2.24, 2.45) is 0 Å².